The molecule has 0 aliphatic carbocycles. The highest BCUT2D eigenvalue weighted by molar-refractivity contribution is 5.75. The number of hydrogen-bond donors (Lipinski definition) is 2. The SMILES string of the molecule is C=CNC(C=C)CCCCNC(=O)CCCc1ccc(CC(C)C)cc1. The number of rotatable bonds is 14. The molecule has 1 rings (SSSR count). The summed E-state index contributed by atoms with van der Waals surface area (Å²) in [7, 11) is 0. The van der Waals surface area contributed by atoms with Gasteiger partial charge >= 0.3 is 0 Å². The van der Waals surface area contributed by atoms with Crippen molar-refractivity contribution in [2.75, 3.05) is 6.54 Å². The minimum Gasteiger partial charge on any atom is -0.385 e. The summed E-state index contributed by atoms with van der Waals surface area (Å²) in [5.74, 6) is 0.844. The summed E-state index contributed by atoms with van der Waals surface area (Å²) in [5.41, 5.74) is 2.71. The number of carbonyl (C=O) groups is 1. The summed E-state index contributed by atoms with van der Waals surface area (Å²) < 4.78 is 0. The maximum absolute atomic E-state index is 11.9. The predicted molar refractivity (Wildman–Crippen MR) is 112 cm³/mol. The van der Waals surface area contributed by atoms with Gasteiger partial charge in [0.2, 0.25) is 5.91 Å². The maximum atomic E-state index is 11.9. The maximum Gasteiger partial charge on any atom is 0.220 e. The van der Waals surface area contributed by atoms with E-state index >= 15 is 0 Å². The van der Waals surface area contributed by atoms with E-state index in [0.29, 0.717) is 12.3 Å². The number of hydrogen-bond acceptors (Lipinski definition) is 2. The van der Waals surface area contributed by atoms with E-state index in [-0.39, 0.29) is 11.9 Å². The molecule has 1 amide bonds. The van der Waals surface area contributed by atoms with Crippen LogP contribution in [0.25, 0.3) is 0 Å². The fourth-order valence-corrected chi connectivity index (χ4v) is 2.99. The molecular formula is C23H36N2O. The van der Waals surface area contributed by atoms with E-state index in [9.17, 15) is 4.79 Å². The Morgan fingerprint density at radius 1 is 1.08 bits per heavy atom. The van der Waals surface area contributed by atoms with E-state index in [0.717, 1.165) is 45.1 Å². The molecule has 0 aliphatic heterocycles. The van der Waals surface area contributed by atoms with Crippen LogP contribution in [0.1, 0.15) is 57.1 Å². The van der Waals surface area contributed by atoms with Crippen molar-refractivity contribution < 1.29 is 4.79 Å². The van der Waals surface area contributed by atoms with E-state index in [1.807, 2.05) is 6.08 Å². The monoisotopic (exact) mass is 356 g/mol. The quantitative estimate of drug-likeness (QED) is 0.372. The summed E-state index contributed by atoms with van der Waals surface area (Å²) in [6, 6.07) is 9.10. The molecule has 0 saturated carbocycles. The van der Waals surface area contributed by atoms with E-state index in [1.165, 1.54) is 11.1 Å². The molecule has 0 bridgehead atoms. The molecule has 1 aromatic carbocycles. The third-order valence-electron chi connectivity index (χ3n) is 4.42. The van der Waals surface area contributed by atoms with E-state index < -0.39 is 0 Å². The second-order valence-electron chi connectivity index (χ2n) is 7.33. The van der Waals surface area contributed by atoms with Crippen LogP contribution >= 0.6 is 0 Å². The molecule has 1 unspecified atom stereocenters. The lowest BCUT2D eigenvalue weighted by atomic mass is 10.00. The van der Waals surface area contributed by atoms with Crippen molar-refractivity contribution in [3.8, 4) is 0 Å². The highest BCUT2D eigenvalue weighted by Crippen LogP contribution is 2.11. The number of carbonyl (C=O) groups excluding carboxylic acids is 1. The molecule has 144 valence electrons. The number of amides is 1. The molecule has 0 radical (unpaired) electrons. The van der Waals surface area contributed by atoms with Gasteiger partial charge in [0.05, 0.1) is 0 Å². The average molecular weight is 357 g/mol. The molecule has 0 spiro atoms. The van der Waals surface area contributed by atoms with Gasteiger partial charge in [-0.05, 0) is 61.8 Å². The summed E-state index contributed by atoms with van der Waals surface area (Å²) in [5, 5.41) is 6.16. The van der Waals surface area contributed by atoms with Crippen LogP contribution in [0.15, 0.2) is 49.7 Å². The molecule has 0 aromatic heterocycles. The van der Waals surface area contributed by atoms with Crippen molar-refractivity contribution in [2.24, 2.45) is 5.92 Å². The Morgan fingerprint density at radius 2 is 1.77 bits per heavy atom. The molecule has 26 heavy (non-hydrogen) atoms. The summed E-state index contributed by atoms with van der Waals surface area (Å²) in [6.07, 6.45) is 10.2. The van der Waals surface area contributed by atoms with Gasteiger partial charge < -0.3 is 10.6 Å². The van der Waals surface area contributed by atoms with Crippen LogP contribution in [0.3, 0.4) is 0 Å². The Bertz CT molecular complexity index is 534. The summed E-state index contributed by atoms with van der Waals surface area (Å²) in [6.45, 7) is 12.7. The van der Waals surface area contributed by atoms with Crippen LogP contribution in [0, 0.1) is 5.92 Å². The number of aryl methyl sites for hydroxylation is 1. The Balaban J connectivity index is 2.11. The molecule has 1 atom stereocenters. The number of nitrogens with one attached hydrogen (secondary N) is 2. The first-order valence-electron chi connectivity index (χ1n) is 9.89. The largest absolute Gasteiger partial charge is 0.385 e. The average Bonchev–Trinajstić information content (AvgIpc) is 2.61. The molecule has 2 N–H and O–H groups in total. The van der Waals surface area contributed by atoms with Gasteiger partial charge in [-0.15, -0.1) is 6.58 Å². The Morgan fingerprint density at radius 3 is 2.38 bits per heavy atom. The Labute approximate surface area is 160 Å². The first-order chi connectivity index (χ1) is 12.5. The Hall–Kier alpha value is -2.03. The lowest BCUT2D eigenvalue weighted by Crippen LogP contribution is -2.25. The first-order valence-corrected chi connectivity index (χ1v) is 9.89. The summed E-state index contributed by atoms with van der Waals surface area (Å²) >= 11 is 0. The standard InChI is InChI=1S/C23H36N2O/c1-5-22(24-6-2)11-7-8-17-25-23(26)12-9-10-20-13-15-21(16-14-20)18-19(3)4/h5-6,13-16,19,22,24H,1-2,7-12,17-18H2,3-4H3,(H,25,26). The molecule has 3 nitrogen and oxygen atoms in total. The third kappa shape index (κ3) is 10.1. The van der Waals surface area contributed by atoms with Crippen molar-refractivity contribution in [1.82, 2.24) is 10.6 Å². The van der Waals surface area contributed by atoms with Crippen LogP contribution in [-0.4, -0.2) is 18.5 Å². The highest BCUT2D eigenvalue weighted by atomic mass is 16.1. The minimum absolute atomic E-state index is 0.158. The highest BCUT2D eigenvalue weighted by Gasteiger charge is 2.04. The number of benzene rings is 1. The minimum atomic E-state index is 0.158. The second-order valence-corrected chi connectivity index (χ2v) is 7.33. The lowest BCUT2D eigenvalue weighted by Gasteiger charge is -2.12. The summed E-state index contributed by atoms with van der Waals surface area (Å²) in [4.78, 5) is 11.9. The smallest absolute Gasteiger partial charge is 0.220 e. The third-order valence-corrected chi connectivity index (χ3v) is 4.42. The second kappa shape index (κ2) is 13.2. The molecule has 3 heteroatoms. The molecule has 0 heterocycles. The zero-order valence-electron chi connectivity index (χ0n) is 16.6. The fraction of sp³-hybridized carbons (Fsp3) is 0.522. The Kier molecular flexibility index (Phi) is 11.2. The van der Waals surface area contributed by atoms with Crippen molar-refractivity contribution in [2.45, 2.75) is 64.8 Å². The first kappa shape index (κ1) is 22.0. The zero-order valence-corrected chi connectivity index (χ0v) is 16.6. The topological polar surface area (TPSA) is 41.1 Å². The molecule has 0 saturated heterocycles. The molecular weight excluding hydrogens is 320 g/mol. The van der Waals surface area contributed by atoms with Crippen molar-refractivity contribution in [3.05, 3.63) is 60.8 Å². The predicted octanol–water partition coefficient (Wildman–Crippen LogP) is 4.78. The van der Waals surface area contributed by atoms with E-state index in [2.05, 4.69) is 61.9 Å². The van der Waals surface area contributed by atoms with Gasteiger partial charge in [0.1, 0.15) is 0 Å². The van der Waals surface area contributed by atoms with Gasteiger partial charge in [-0.1, -0.05) is 50.8 Å². The van der Waals surface area contributed by atoms with E-state index in [1.54, 1.807) is 6.20 Å². The number of unbranched alkanes of at least 4 members (excludes halogenated alkanes) is 1. The fourth-order valence-electron chi connectivity index (χ4n) is 2.99. The van der Waals surface area contributed by atoms with Gasteiger partial charge in [-0.2, -0.15) is 0 Å². The zero-order chi connectivity index (χ0) is 19.2. The van der Waals surface area contributed by atoms with Crippen LogP contribution < -0.4 is 10.6 Å². The van der Waals surface area contributed by atoms with Crippen molar-refractivity contribution in [3.63, 3.8) is 0 Å². The van der Waals surface area contributed by atoms with E-state index in [4.69, 9.17) is 0 Å². The van der Waals surface area contributed by atoms with Gasteiger partial charge in [-0.25, -0.2) is 0 Å². The van der Waals surface area contributed by atoms with Crippen molar-refractivity contribution in [1.29, 1.82) is 0 Å². The lowest BCUT2D eigenvalue weighted by molar-refractivity contribution is -0.121. The molecule has 0 fully saturated rings. The molecule has 0 aliphatic rings. The van der Waals surface area contributed by atoms with Crippen LogP contribution in [0.2, 0.25) is 0 Å². The van der Waals surface area contributed by atoms with Gasteiger partial charge in [0.15, 0.2) is 0 Å². The van der Waals surface area contributed by atoms with Gasteiger partial charge in [0, 0.05) is 19.0 Å². The van der Waals surface area contributed by atoms with Crippen molar-refractivity contribution >= 4 is 5.91 Å². The van der Waals surface area contributed by atoms with Crippen LogP contribution in [0.5, 0.6) is 0 Å². The van der Waals surface area contributed by atoms with Crippen LogP contribution in [0.4, 0.5) is 0 Å². The van der Waals surface area contributed by atoms with Gasteiger partial charge in [0.25, 0.3) is 0 Å². The molecule has 1 aromatic rings. The van der Waals surface area contributed by atoms with Crippen LogP contribution in [-0.2, 0) is 17.6 Å². The normalized spacial score (nSPS) is 11.8. The van der Waals surface area contributed by atoms with Gasteiger partial charge in [-0.3, -0.25) is 4.79 Å².